The molecular formula is C12H16N2O2. The monoisotopic (exact) mass is 220 g/mol. The Balaban J connectivity index is 1.98. The first-order chi connectivity index (χ1) is 7.66. The van der Waals surface area contributed by atoms with Gasteiger partial charge in [0.25, 0.3) is 0 Å². The van der Waals surface area contributed by atoms with Crippen LogP contribution >= 0.6 is 0 Å². The second-order valence-electron chi connectivity index (χ2n) is 4.00. The number of aryl methyl sites for hydroxylation is 2. The zero-order valence-corrected chi connectivity index (χ0v) is 9.78. The van der Waals surface area contributed by atoms with E-state index in [1.165, 1.54) is 5.56 Å². The van der Waals surface area contributed by atoms with Crippen molar-refractivity contribution < 1.29 is 8.94 Å². The van der Waals surface area contributed by atoms with E-state index < -0.39 is 0 Å². The molecular weight excluding hydrogens is 204 g/mol. The first-order valence-corrected chi connectivity index (χ1v) is 5.35. The van der Waals surface area contributed by atoms with E-state index in [9.17, 15) is 0 Å². The molecule has 0 amide bonds. The van der Waals surface area contributed by atoms with E-state index in [1.807, 2.05) is 13.8 Å². The average molecular weight is 220 g/mol. The molecule has 4 nitrogen and oxygen atoms in total. The highest BCUT2D eigenvalue weighted by atomic mass is 16.5. The molecule has 0 saturated heterocycles. The fraction of sp³-hybridized carbons (Fsp3) is 0.417. The molecule has 0 aliphatic heterocycles. The van der Waals surface area contributed by atoms with Gasteiger partial charge >= 0.3 is 0 Å². The summed E-state index contributed by atoms with van der Waals surface area (Å²) in [6.45, 7) is 6.81. The first kappa shape index (κ1) is 11.0. The Bertz CT molecular complexity index is 446. The molecule has 2 aromatic heterocycles. The van der Waals surface area contributed by atoms with Gasteiger partial charge in [-0.3, -0.25) is 0 Å². The number of nitrogens with one attached hydrogen (secondary N) is 1. The summed E-state index contributed by atoms with van der Waals surface area (Å²) in [5.41, 5.74) is 2.25. The lowest BCUT2D eigenvalue weighted by Gasteiger charge is -2.11. The molecule has 0 aliphatic carbocycles. The van der Waals surface area contributed by atoms with Crippen LogP contribution < -0.4 is 5.32 Å². The SMILES string of the molecule is Cc1cc(C(C)NCc2cnoc2)c(C)o1. The van der Waals surface area contributed by atoms with E-state index in [-0.39, 0.29) is 6.04 Å². The summed E-state index contributed by atoms with van der Waals surface area (Å²) in [6.07, 6.45) is 3.36. The number of nitrogens with zero attached hydrogens (tertiary/aromatic N) is 1. The van der Waals surface area contributed by atoms with Gasteiger partial charge in [-0.2, -0.15) is 0 Å². The molecule has 0 saturated carbocycles. The van der Waals surface area contributed by atoms with Crippen molar-refractivity contribution in [3.8, 4) is 0 Å². The van der Waals surface area contributed by atoms with Gasteiger partial charge in [-0.1, -0.05) is 5.16 Å². The second-order valence-corrected chi connectivity index (χ2v) is 4.00. The summed E-state index contributed by atoms with van der Waals surface area (Å²) in [4.78, 5) is 0. The van der Waals surface area contributed by atoms with E-state index in [0.29, 0.717) is 0 Å². The third kappa shape index (κ3) is 2.33. The standard InChI is InChI=1S/C12H16N2O2/c1-8-4-12(10(3)16-8)9(2)13-5-11-6-14-15-7-11/h4,6-7,9,13H,5H2,1-3H3. The number of hydrogen-bond acceptors (Lipinski definition) is 4. The van der Waals surface area contributed by atoms with Gasteiger partial charge < -0.3 is 14.3 Å². The predicted molar refractivity (Wildman–Crippen MR) is 59.9 cm³/mol. The van der Waals surface area contributed by atoms with Gasteiger partial charge in [0.15, 0.2) is 0 Å². The molecule has 16 heavy (non-hydrogen) atoms. The normalized spacial score (nSPS) is 12.9. The van der Waals surface area contributed by atoms with Gasteiger partial charge in [-0.05, 0) is 26.8 Å². The van der Waals surface area contributed by atoms with Crippen LogP contribution in [0.2, 0.25) is 0 Å². The quantitative estimate of drug-likeness (QED) is 0.860. The van der Waals surface area contributed by atoms with Crippen LogP contribution in [-0.4, -0.2) is 5.16 Å². The van der Waals surface area contributed by atoms with Crippen LogP contribution in [0.4, 0.5) is 0 Å². The molecule has 2 heterocycles. The molecule has 0 radical (unpaired) electrons. The fourth-order valence-corrected chi connectivity index (χ4v) is 1.78. The summed E-state index contributed by atoms with van der Waals surface area (Å²) in [6, 6.07) is 2.33. The molecule has 0 spiro atoms. The maximum Gasteiger partial charge on any atom is 0.128 e. The van der Waals surface area contributed by atoms with Crippen molar-refractivity contribution in [2.45, 2.75) is 33.4 Å². The van der Waals surface area contributed by atoms with Crippen LogP contribution in [-0.2, 0) is 6.54 Å². The molecule has 86 valence electrons. The first-order valence-electron chi connectivity index (χ1n) is 5.35. The van der Waals surface area contributed by atoms with E-state index >= 15 is 0 Å². The average Bonchev–Trinajstić information content (AvgIpc) is 2.84. The number of hydrogen-bond donors (Lipinski definition) is 1. The van der Waals surface area contributed by atoms with Crippen LogP contribution in [0.1, 0.15) is 35.6 Å². The van der Waals surface area contributed by atoms with E-state index in [1.54, 1.807) is 12.5 Å². The molecule has 0 bridgehead atoms. The summed E-state index contributed by atoms with van der Waals surface area (Å²) in [5, 5.41) is 7.06. The number of furan rings is 1. The Labute approximate surface area is 94.6 Å². The Morgan fingerprint density at radius 1 is 1.44 bits per heavy atom. The van der Waals surface area contributed by atoms with Crippen LogP contribution in [0.15, 0.2) is 27.5 Å². The third-order valence-corrected chi connectivity index (χ3v) is 2.64. The molecule has 0 aliphatic rings. The molecule has 2 aromatic rings. The van der Waals surface area contributed by atoms with Crippen molar-refractivity contribution in [1.82, 2.24) is 10.5 Å². The minimum atomic E-state index is 0.257. The highest BCUT2D eigenvalue weighted by Gasteiger charge is 2.12. The van der Waals surface area contributed by atoms with Crippen LogP contribution in [0.25, 0.3) is 0 Å². The maximum absolute atomic E-state index is 5.50. The Morgan fingerprint density at radius 3 is 2.81 bits per heavy atom. The molecule has 2 rings (SSSR count). The summed E-state index contributed by atoms with van der Waals surface area (Å²) in [5.74, 6) is 1.92. The van der Waals surface area contributed by atoms with Crippen LogP contribution in [0.5, 0.6) is 0 Å². The zero-order valence-electron chi connectivity index (χ0n) is 9.78. The minimum Gasteiger partial charge on any atom is -0.466 e. The van der Waals surface area contributed by atoms with Crippen LogP contribution in [0.3, 0.4) is 0 Å². The Hall–Kier alpha value is -1.55. The molecule has 4 heteroatoms. The van der Waals surface area contributed by atoms with Gasteiger partial charge in [0.2, 0.25) is 0 Å². The maximum atomic E-state index is 5.50. The lowest BCUT2D eigenvalue weighted by atomic mass is 10.1. The minimum absolute atomic E-state index is 0.257. The summed E-state index contributed by atoms with van der Waals surface area (Å²) < 4.78 is 10.3. The van der Waals surface area contributed by atoms with Gasteiger partial charge in [0.05, 0.1) is 6.20 Å². The van der Waals surface area contributed by atoms with E-state index in [2.05, 4.69) is 23.5 Å². The fourth-order valence-electron chi connectivity index (χ4n) is 1.78. The Kier molecular flexibility index (Phi) is 3.10. The predicted octanol–water partition coefficient (Wildman–Crippen LogP) is 2.74. The summed E-state index contributed by atoms with van der Waals surface area (Å²) >= 11 is 0. The highest BCUT2D eigenvalue weighted by Crippen LogP contribution is 2.21. The molecule has 1 atom stereocenters. The van der Waals surface area contributed by atoms with Crippen LogP contribution in [0, 0.1) is 13.8 Å². The number of aromatic nitrogens is 1. The van der Waals surface area contributed by atoms with E-state index in [4.69, 9.17) is 8.94 Å². The van der Waals surface area contributed by atoms with Gasteiger partial charge in [-0.15, -0.1) is 0 Å². The van der Waals surface area contributed by atoms with Gasteiger partial charge in [-0.25, -0.2) is 0 Å². The molecule has 1 N–H and O–H groups in total. The second kappa shape index (κ2) is 4.53. The van der Waals surface area contributed by atoms with Gasteiger partial charge in [0, 0.05) is 23.7 Å². The molecule has 0 fully saturated rings. The topological polar surface area (TPSA) is 51.2 Å². The molecule has 1 unspecified atom stereocenters. The van der Waals surface area contributed by atoms with Crippen molar-refractivity contribution in [1.29, 1.82) is 0 Å². The lowest BCUT2D eigenvalue weighted by molar-refractivity contribution is 0.418. The van der Waals surface area contributed by atoms with Crippen molar-refractivity contribution in [2.24, 2.45) is 0 Å². The number of rotatable bonds is 4. The van der Waals surface area contributed by atoms with Crippen molar-refractivity contribution >= 4 is 0 Å². The summed E-state index contributed by atoms with van der Waals surface area (Å²) in [7, 11) is 0. The lowest BCUT2D eigenvalue weighted by Crippen LogP contribution is -2.17. The molecule has 0 aromatic carbocycles. The van der Waals surface area contributed by atoms with Crippen molar-refractivity contribution in [3.63, 3.8) is 0 Å². The highest BCUT2D eigenvalue weighted by molar-refractivity contribution is 5.23. The van der Waals surface area contributed by atoms with Crippen molar-refractivity contribution in [2.75, 3.05) is 0 Å². The smallest absolute Gasteiger partial charge is 0.128 e. The largest absolute Gasteiger partial charge is 0.466 e. The zero-order chi connectivity index (χ0) is 11.5. The van der Waals surface area contributed by atoms with Crippen molar-refractivity contribution in [3.05, 3.63) is 41.2 Å². The van der Waals surface area contributed by atoms with E-state index in [0.717, 1.165) is 23.6 Å². The van der Waals surface area contributed by atoms with Gasteiger partial charge in [0.1, 0.15) is 17.8 Å². The third-order valence-electron chi connectivity index (χ3n) is 2.64. The Morgan fingerprint density at radius 2 is 2.25 bits per heavy atom.